The summed E-state index contributed by atoms with van der Waals surface area (Å²) in [4.78, 5) is 0. The zero-order chi connectivity index (χ0) is 12.5. The van der Waals surface area contributed by atoms with Crippen molar-refractivity contribution in [3.05, 3.63) is 47.8 Å². The Morgan fingerprint density at radius 1 is 1.17 bits per heavy atom. The Balaban J connectivity index is 2.08. The first-order valence-electron chi connectivity index (χ1n) is 6.24. The van der Waals surface area contributed by atoms with E-state index in [2.05, 4.69) is 0 Å². The lowest BCUT2D eigenvalue weighted by atomic mass is 9.96. The minimum atomic E-state index is -0.682. The topological polar surface area (TPSA) is 29.5 Å². The fourth-order valence-electron chi connectivity index (χ4n) is 2.60. The zero-order valence-electron chi connectivity index (χ0n) is 9.97. The first kappa shape index (κ1) is 11.6. The van der Waals surface area contributed by atoms with Crippen molar-refractivity contribution in [1.29, 1.82) is 0 Å². The van der Waals surface area contributed by atoms with Crippen LogP contribution in [0.5, 0.6) is 0 Å². The quantitative estimate of drug-likeness (QED) is 0.881. The number of benzene rings is 2. The van der Waals surface area contributed by atoms with Crippen LogP contribution in [-0.4, -0.2) is 17.8 Å². The SMILES string of the molecule is OC(c1ccc(F)c2ccccc12)C1CCCO1. The van der Waals surface area contributed by atoms with E-state index in [1.165, 1.54) is 6.07 Å². The molecule has 2 unspecified atom stereocenters. The third-order valence-corrected chi connectivity index (χ3v) is 3.54. The zero-order valence-corrected chi connectivity index (χ0v) is 9.97. The molecular formula is C15H15FO2. The molecule has 1 N–H and O–H groups in total. The number of aliphatic hydroxyl groups is 1. The molecule has 1 heterocycles. The highest BCUT2D eigenvalue weighted by Crippen LogP contribution is 2.32. The van der Waals surface area contributed by atoms with Gasteiger partial charge >= 0.3 is 0 Å². The van der Waals surface area contributed by atoms with E-state index in [9.17, 15) is 9.50 Å². The van der Waals surface area contributed by atoms with Crippen molar-refractivity contribution in [2.45, 2.75) is 25.0 Å². The second-order valence-electron chi connectivity index (χ2n) is 4.68. The number of halogens is 1. The summed E-state index contributed by atoms with van der Waals surface area (Å²) in [6.45, 7) is 0.695. The first-order valence-corrected chi connectivity index (χ1v) is 6.24. The van der Waals surface area contributed by atoms with E-state index in [0.29, 0.717) is 12.0 Å². The maximum atomic E-state index is 13.7. The summed E-state index contributed by atoms with van der Waals surface area (Å²) < 4.78 is 19.2. The fraction of sp³-hybridized carbons (Fsp3) is 0.333. The largest absolute Gasteiger partial charge is 0.386 e. The third-order valence-electron chi connectivity index (χ3n) is 3.54. The molecule has 0 radical (unpaired) electrons. The Bertz CT molecular complexity index is 561. The molecule has 2 aromatic carbocycles. The molecule has 1 aliphatic heterocycles. The van der Waals surface area contributed by atoms with Crippen LogP contribution in [0.3, 0.4) is 0 Å². The molecule has 94 valence electrons. The van der Waals surface area contributed by atoms with Crippen molar-refractivity contribution in [2.75, 3.05) is 6.61 Å². The Morgan fingerprint density at radius 3 is 2.67 bits per heavy atom. The molecule has 2 aromatic rings. The van der Waals surface area contributed by atoms with Gasteiger partial charge in [0.05, 0.1) is 6.10 Å². The van der Waals surface area contributed by atoms with Crippen molar-refractivity contribution < 1.29 is 14.2 Å². The van der Waals surface area contributed by atoms with Crippen LogP contribution >= 0.6 is 0 Å². The normalized spacial score (nSPS) is 21.3. The van der Waals surface area contributed by atoms with Crippen LogP contribution in [0.4, 0.5) is 4.39 Å². The number of ether oxygens (including phenoxy) is 1. The van der Waals surface area contributed by atoms with E-state index in [1.807, 2.05) is 12.1 Å². The van der Waals surface area contributed by atoms with Crippen molar-refractivity contribution in [3.8, 4) is 0 Å². The third kappa shape index (κ3) is 1.89. The lowest BCUT2D eigenvalue weighted by Crippen LogP contribution is -2.17. The van der Waals surface area contributed by atoms with Gasteiger partial charge in [-0.15, -0.1) is 0 Å². The second-order valence-corrected chi connectivity index (χ2v) is 4.68. The molecule has 1 saturated heterocycles. The highest BCUT2D eigenvalue weighted by molar-refractivity contribution is 5.86. The van der Waals surface area contributed by atoms with E-state index < -0.39 is 6.10 Å². The van der Waals surface area contributed by atoms with Crippen LogP contribution < -0.4 is 0 Å². The van der Waals surface area contributed by atoms with Crippen molar-refractivity contribution >= 4 is 10.8 Å². The molecule has 3 heteroatoms. The molecule has 2 nitrogen and oxygen atoms in total. The lowest BCUT2D eigenvalue weighted by Gasteiger charge is -2.19. The van der Waals surface area contributed by atoms with Crippen LogP contribution in [0.2, 0.25) is 0 Å². The van der Waals surface area contributed by atoms with Crippen LogP contribution in [0, 0.1) is 5.82 Å². The molecule has 0 aromatic heterocycles. The summed E-state index contributed by atoms with van der Waals surface area (Å²) >= 11 is 0. The molecule has 1 aliphatic rings. The van der Waals surface area contributed by atoms with E-state index >= 15 is 0 Å². The predicted octanol–water partition coefficient (Wildman–Crippen LogP) is 3.19. The molecule has 3 rings (SSSR count). The van der Waals surface area contributed by atoms with E-state index in [0.717, 1.165) is 23.8 Å². The molecule has 0 aliphatic carbocycles. The molecule has 1 fully saturated rings. The molecule has 0 amide bonds. The van der Waals surface area contributed by atoms with Gasteiger partial charge in [-0.05, 0) is 29.9 Å². The van der Waals surface area contributed by atoms with Gasteiger partial charge in [0.2, 0.25) is 0 Å². The van der Waals surface area contributed by atoms with Crippen molar-refractivity contribution in [1.82, 2.24) is 0 Å². The average Bonchev–Trinajstić information content (AvgIpc) is 2.93. The van der Waals surface area contributed by atoms with E-state index in [-0.39, 0.29) is 11.9 Å². The first-order chi connectivity index (χ1) is 8.77. The predicted molar refractivity (Wildman–Crippen MR) is 67.8 cm³/mol. The molecule has 0 saturated carbocycles. The van der Waals surface area contributed by atoms with Gasteiger partial charge in [0.25, 0.3) is 0 Å². The number of fused-ring (bicyclic) bond motifs is 1. The number of hydrogen-bond acceptors (Lipinski definition) is 2. The van der Waals surface area contributed by atoms with Gasteiger partial charge in [0.1, 0.15) is 11.9 Å². The lowest BCUT2D eigenvalue weighted by molar-refractivity contribution is -0.00187. The number of aliphatic hydroxyl groups excluding tert-OH is 1. The number of rotatable bonds is 2. The van der Waals surface area contributed by atoms with E-state index in [1.54, 1.807) is 18.2 Å². The van der Waals surface area contributed by atoms with Crippen LogP contribution in [-0.2, 0) is 4.74 Å². The molecule has 0 spiro atoms. The average molecular weight is 246 g/mol. The van der Waals surface area contributed by atoms with Gasteiger partial charge in [-0.3, -0.25) is 0 Å². The maximum Gasteiger partial charge on any atom is 0.131 e. The Labute approximate surface area is 105 Å². The standard InChI is InChI=1S/C15H15FO2/c16-13-8-7-12(10-4-1-2-5-11(10)13)15(17)14-6-3-9-18-14/h1-2,4-5,7-8,14-15,17H,3,6,9H2. The van der Waals surface area contributed by atoms with Crippen molar-refractivity contribution in [2.24, 2.45) is 0 Å². The Hall–Kier alpha value is -1.45. The Morgan fingerprint density at radius 2 is 1.94 bits per heavy atom. The molecular weight excluding hydrogens is 231 g/mol. The second kappa shape index (κ2) is 4.67. The molecule has 18 heavy (non-hydrogen) atoms. The molecule has 2 atom stereocenters. The Kier molecular flexibility index (Phi) is 3.02. The summed E-state index contributed by atoms with van der Waals surface area (Å²) in [6, 6.07) is 10.3. The maximum absolute atomic E-state index is 13.7. The van der Waals surface area contributed by atoms with Crippen LogP contribution in [0.25, 0.3) is 10.8 Å². The minimum absolute atomic E-state index is 0.168. The summed E-state index contributed by atoms with van der Waals surface area (Å²) in [5.41, 5.74) is 0.749. The minimum Gasteiger partial charge on any atom is -0.386 e. The van der Waals surface area contributed by atoms with Gasteiger partial charge in [0.15, 0.2) is 0 Å². The monoisotopic (exact) mass is 246 g/mol. The van der Waals surface area contributed by atoms with Gasteiger partial charge < -0.3 is 9.84 Å². The van der Waals surface area contributed by atoms with Crippen LogP contribution in [0.15, 0.2) is 36.4 Å². The summed E-state index contributed by atoms with van der Waals surface area (Å²) in [5, 5.41) is 11.7. The van der Waals surface area contributed by atoms with E-state index in [4.69, 9.17) is 4.74 Å². The molecule has 0 bridgehead atoms. The van der Waals surface area contributed by atoms with Crippen molar-refractivity contribution in [3.63, 3.8) is 0 Å². The summed E-state index contributed by atoms with van der Waals surface area (Å²) in [7, 11) is 0. The summed E-state index contributed by atoms with van der Waals surface area (Å²) in [6.07, 6.45) is 0.977. The number of hydrogen-bond donors (Lipinski definition) is 1. The fourth-order valence-corrected chi connectivity index (χ4v) is 2.60. The van der Waals surface area contributed by atoms with Gasteiger partial charge in [-0.2, -0.15) is 0 Å². The highest BCUT2D eigenvalue weighted by Gasteiger charge is 2.26. The highest BCUT2D eigenvalue weighted by atomic mass is 19.1. The van der Waals surface area contributed by atoms with Gasteiger partial charge in [-0.25, -0.2) is 4.39 Å². The van der Waals surface area contributed by atoms with Gasteiger partial charge in [0, 0.05) is 12.0 Å². The summed E-state index contributed by atoms with van der Waals surface area (Å²) in [5.74, 6) is -0.256. The smallest absolute Gasteiger partial charge is 0.131 e. The van der Waals surface area contributed by atoms with Crippen LogP contribution in [0.1, 0.15) is 24.5 Å². The van der Waals surface area contributed by atoms with Gasteiger partial charge in [-0.1, -0.05) is 30.3 Å².